The maximum atomic E-state index is 14.4. The highest BCUT2D eigenvalue weighted by molar-refractivity contribution is 7.99. The Kier molecular flexibility index (Phi) is 21.2. The number of thioether (sulfide) groups is 1. The minimum Gasteiger partial charge on any atom is -0.394 e. The Morgan fingerprint density at radius 3 is 2.23 bits per heavy atom. The van der Waals surface area contributed by atoms with Crippen LogP contribution in [0.4, 0.5) is 0 Å². The van der Waals surface area contributed by atoms with Gasteiger partial charge in [0.15, 0.2) is 5.96 Å². The minimum atomic E-state index is -1.58. The van der Waals surface area contributed by atoms with Gasteiger partial charge in [0.05, 0.1) is 19.1 Å². The molecule has 2 aliphatic heterocycles. The lowest BCUT2D eigenvalue weighted by Crippen LogP contribution is -2.61. The van der Waals surface area contributed by atoms with Gasteiger partial charge in [-0.1, -0.05) is 49.7 Å². The Morgan fingerprint density at radius 1 is 0.894 bits per heavy atom. The van der Waals surface area contributed by atoms with Crippen LogP contribution in [0.25, 0.3) is 0 Å². The minimum absolute atomic E-state index is 0.00273. The highest BCUT2D eigenvalue weighted by atomic mass is 32.2. The van der Waals surface area contributed by atoms with Crippen molar-refractivity contribution in [1.29, 1.82) is 5.41 Å². The van der Waals surface area contributed by atoms with E-state index < -0.39 is 102 Å². The fourth-order valence-electron chi connectivity index (χ4n) is 7.57. The molecule has 1 aromatic heterocycles. The number of aliphatic hydroxyl groups excluding tert-OH is 1. The van der Waals surface area contributed by atoms with Crippen LogP contribution in [0.15, 0.2) is 41.8 Å². The number of nitrogens with one attached hydrogen (secondary N) is 8. The van der Waals surface area contributed by atoms with E-state index in [1.165, 1.54) is 28.0 Å². The van der Waals surface area contributed by atoms with Crippen molar-refractivity contribution in [2.24, 2.45) is 17.4 Å². The summed E-state index contributed by atoms with van der Waals surface area (Å²) in [6, 6.07) is 3.13. The van der Waals surface area contributed by atoms with Crippen LogP contribution in [0.1, 0.15) is 74.8 Å². The number of primary amides is 1. The number of carbonyl (C=O) groups is 8. The number of nitrogens with two attached hydrogens (primary N) is 2. The summed E-state index contributed by atoms with van der Waals surface area (Å²) in [5, 5.41) is 38.2. The molecule has 1 aromatic carbocycles. The molecule has 2 aromatic rings. The molecule has 2 fully saturated rings. The zero-order valence-corrected chi connectivity index (χ0v) is 39.3. The molecule has 362 valence electrons. The average molecular weight is 956 g/mol. The summed E-state index contributed by atoms with van der Waals surface area (Å²) in [7, 11) is 0. The average Bonchev–Trinajstić information content (AvgIpc) is 3.98. The summed E-state index contributed by atoms with van der Waals surface area (Å²) in [4.78, 5) is 112. The molecule has 3 heterocycles. The number of hydrogen-bond donors (Lipinski definition) is 11. The second-order valence-electron chi connectivity index (χ2n) is 16.9. The van der Waals surface area contributed by atoms with Gasteiger partial charge in [0.25, 0.3) is 0 Å². The number of aryl methyl sites for hydroxylation is 1. The lowest BCUT2D eigenvalue weighted by atomic mass is 10.0. The molecule has 0 unspecified atom stereocenters. The molecule has 0 bridgehead atoms. The first-order valence-corrected chi connectivity index (χ1v) is 24.2. The number of rotatable bonds is 15. The summed E-state index contributed by atoms with van der Waals surface area (Å²) >= 11 is 2.62. The monoisotopic (exact) mass is 955 g/mol. The summed E-state index contributed by atoms with van der Waals surface area (Å²) in [6.45, 7) is 5.42. The summed E-state index contributed by atoms with van der Waals surface area (Å²) < 4.78 is 0. The zero-order chi connectivity index (χ0) is 48.3. The molecular weight excluding hydrogens is 891 g/mol. The van der Waals surface area contributed by atoms with Crippen molar-refractivity contribution in [1.82, 2.24) is 42.1 Å². The van der Waals surface area contributed by atoms with Crippen molar-refractivity contribution in [2.75, 3.05) is 31.2 Å². The van der Waals surface area contributed by atoms with Gasteiger partial charge in [0.1, 0.15) is 36.3 Å². The van der Waals surface area contributed by atoms with E-state index >= 15 is 0 Å². The number of guanidine groups is 1. The summed E-state index contributed by atoms with van der Waals surface area (Å²) in [5.74, 6) is -5.98. The van der Waals surface area contributed by atoms with E-state index in [1.54, 1.807) is 26.0 Å². The Balaban J connectivity index is 1.63. The van der Waals surface area contributed by atoms with E-state index in [0.29, 0.717) is 44.4 Å². The third-order valence-electron chi connectivity index (χ3n) is 11.2. The molecule has 20 nitrogen and oxygen atoms in total. The van der Waals surface area contributed by atoms with Crippen LogP contribution in [-0.2, 0) is 51.2 Å². The van der Waals surface area contributed by atoms with Crippen LogP contribution in [0.5, 0.6) is 0 Å². The highest BCUT2D eigenvalue weighted by Gasteiger charge is 2.40. The van der Waals surface area contributed by atoms with E-state index in [-0.39, 0.29) is 44.1 Å². The van der Waals surface area contributed by atoms with Gasteiger partial charge in [-0.3, -0.25) is 43.8 Å². The lowest BCUT2D eigenvalue weighted by Gasteiger charge is -2.31. The molecule has 13 N–H and O–H groups in total. The third kappa shape index (κ3) is 16.9. The van der Waals surface area contributed by atoms with E-state index in [9.17, 15) is 43.5 Å². The summed E-state index contributed by atoms with van der Waals surface area (Å²) in [6.07, 6.45) is 1.47. The first kappa shape index (κ1) is 52.9. The molecule has 2 saturated heterocycles. The Hall–Kier alpha value is -5.74. The largest absolute Gasteiger partial charge is 0.394 e. The maximum absolute atomic E-state index is 14.4. The Labute approximate surface area is 393 Å². The van der Waals surface area contributed by atoms with Crippen LogP contribution in [-0.4, -0.2) is 137 Å². The van der Waals surface area contributed by atoms with E-state index in [2.05, 4.69) is 37.2 Å². The fraction of sp³-hybridized carbons (Fsp3) is 0.568. The Bertz CT molecular complexity index is 2000. The molecule has 8 amide bonds. The molecule has 4 rings (SSSR count). The SMILES string of the molecule is Cc1ccc(C[C@@H]2NC(=O)CCCSC[C@@H](C(=O)N3CCC[C@H]3C(=O)N[C@@H](CO)CCCNC(=N)N)NC(=O)[C@H](CC(N)=O)NC(=O)[C@H](C(C)C)NC(=O)[C@H](Cc3cccs3)NC2=O)cc1. The van der Waals surface area contributed by atoms with Gasteiger partial charge in [0.2, 0.25) is 47.3 Å². The van der Waals surface area contributed by atoms with Crippen LogP contribution in [0, 0.1) is 18.3 Å². The van der Waals surface area contributed by atoms with Crippen LogP contribution >= 0.6 is 23.1 Å². The first-order valence-electron chi connectivity index (χ1n) is 22.2. The summed E-state index contributed by atoms with van der Waals surface area (Å²) in [5.41, 5.74) is 12.7. The predicted octanol–water partition coefficient (Wildman–Crippen LogP) is -0.945. The molecule has 0 saturated carbocycles. The molecular formula is C44H65N11O9S2. The quantitative estimate of drug-likeness (QED) is 0.0586. The van der Waals surface area contributed by atoms with Gasteiger partial charge in [-0.25, -0.2) is 0 Å². The number of aliphatic hydroxyl groups is 1. The van der Waals surface area contributed by atoms with Crippen molar-refractivity contribution < 1.29 is 43.5 Å². The van der Waals surface area contributed by atoms with Gasteiger partial charge in [-0.05, 0) is 67.7 Å². The molecule has 22 heteroatoms. The molecule has 7 atom stereocenters. The van der Waals surface area contributed by atoms with Gasteiger partial charge < -0.3 is 58.7 Å². The van der Waals surface area contributed by atoms with Crippen molar-refractivity contribution in [3.05, 3.63) is 57.8 Å². The second kappa shape index (κ2) is 26.4. The number of thiophene rings is 1. The fourth-order valence-corrected chi connectivity index (χ4v) is 9.30. The number of amides is 8. The van der Waals surface area contributed by atoms with Crippen LogP contribution < -0.4 is 48.7 Å². The topological polar surface area (TPSA) is 320 Å². The third-order valence-corrected chi connectivity index (χ3v) is 13.2. The van der Waals surface area contributed by atoms with Crippen molar-refractivity contribution in [3.8, 4) is 0 Å². The number of nitrogens with zero attached hydrogens (tertiary/aromatic N) is 1. The lowest BCUT2D eigenvalue weighted by molar-refractivity contribution is -0.142. The first-order chi connectivity index (χ1) is 31.4. The van der Waals surface area contributed by atoms with Gasteiger partial charge in [-0.2, -0.15) is 11.8 Å². The molecule has 0 aliphatic carbocycles. The number of likely N-dealkylation sites (tertiary alicyclic amines) is 1. The number of hydrogen-bond acceptors (Lipinski definition) is 12. The molecule has 0 radical (unpaired) electrons. The van der Waals surface area contributed by atoms with Crippen molar-refractivity contribution in [3.63, 3.8) is 0 Å². The van der Waals surface area contributed by atoms with Crippen molar-refractivity contribution in [2.45, 2.75) is 121 Å². The molecule has 0 spiro atoms. The maximum Gasteiger partial charge on any atom is 0.246 e. The standard InChI is InChI=1S/C44H65N11O9S2/c1-25(2)37-42(63)52-32(22-35(45)57)39(60)53-33(43(64)55-17-5-10-34(55)41(62)49-28(23-56)8-4-16-48-44(46)47)24-65-18-7-11-36(58)50-30(20-27-14-12-26(3)13-15-27)38(59)51-31(40(61)54-37)21-29-9-6-19-66-29/h6,9,12-15,19,25,28,30-34,37,56H,4-5,7-8,10-11,16-18,20-24H2,1-3H3,(H2,45,57)(H,49,62)(H,50,58)(H,51,59)(H,52,63)(H,53,60)(H,54,61)(H4,46,47,48)/t28-,30+,31+,32+,33+,34+,37+/m1/s1. The molecule has 2 aliphatic rings. The predicted molar refractivity (Wildman–Crippen MR) is 251 cm³/mol. The van der Waals surface area contributed by atoms with E-state index in [1.807, 2.05) is 36.6 Å². The second-order valence-corrected chi connectivity index (χ2v) is 19.1. The highest BCUT2D eigenvalue weighted by Crippen LogP contribution is 2.21. The van der Waals surface area contributed by atoms with Crippen LogP contribution in [0.2, 0.25) is 0 Å². The van der Waals surface area contributed by atoms with Gasteiger partial charge >= 0.3 is 0 Å². The number of benzene rings is 1. The van der Waals surface area contributed by atoms with Crippen molar-refractivity contribution >= 4 is 76.3 Å². The zero-order valence-electron chi connectivity index (χ0n) is 37.7. The Morgan fingerprint density at radius 2 is 1.58 bits per heavy atom. The number of carbonyl (C=O) groups excluding carboxylic acids is 8. The van der Waals surface area contributed by atoms with Gasteiger partial charge in [0, 0.05) is 43.0 Å². The van der Waals surface area contributed by atoms with Crippen LogP contribution in [0.3, 0.4) is 0 Å². The molecule has 66 heavy (non-hydrogen) atoms. The smallest absolute Gasteiger partial charge is 0.246 e. The van der Waals surface area contributed by atoms with E-state index in [4.69, 9.17) is 16.9 Å². The van der Waals surface area contributed by atoms with Gasteiger partial charge in [-0.15, -0.1) is 11.3 Å². The normalized spacial score (nSPS) is 23.3. The van der Waals surface area contributed by atoms with E-state index in [0.717, 1.165) is 16.0 Å².